The van der Waals surface area contributed by atoms with Gasteiger partial charge in [-0.25, -0.2) is 5.43 Å². The maximum atomic E-state index is 12.0. The molecule has 0 saturated carbocycles. The Kier molecular flexibility index (Phi) is 8.76. The number of rotatable bonds is 11. The molecule has 29 heavy (non-hydrogen) atoms. The highest BCUT2D eigenvalue weighted by Gasteiger charge is 2.09. The average molecular weight is 396 g/mol. The highest BCUT2D eigenvalue weighted by molar-refractivity contribution is 5.83. The van der Waals surface area contributed by atoms with Gasteiger partial charge in [0.2, 0.25) is 5.91 Å². The minimum Gasteiger partial charge on any atom is -0.504 e. The van der Waals surface area contributed by atoms with Gasteiger partial charge in [0.15, 0.2) is 11.5 Å². The molecule has 0 atom stereocenters. The van der Waals surface area contributed by atoms with E-state index in [1.807, 2.05) is 31.2 Å². The zero-order chi connectivity index (χ0) is 21.1. The third-order valence-electron chi connectivity index (χ3n) is 4.27. The smallest absolute Gasteiger partial charge is 0.240 e. The maximum Gasteiger partial charge on any atom is 0.240 e. The van der Waals surface area contributed by atoms with Gasteiger partial charge in [-0.2, -0.15) is 5.10 Å². The summed E-state index contributed by atoms with van der Waals surface area (Å²) < 4.78 is 10.6. The van der Waals surface area contributed by atoms with E-state index in [9.17, 15) is 9.90 Å². The molecular weight excluding hydrogens is 368 g/mol. The van der Waals surface area contributed by atoms with E-state index in [1.54, 1.807) is 25.3 Å². The molecule has 0 aromatic heterocycles. The summed E-state index contributed by atoms with van der Waals surface area (Å²) in [5, 5.41) is 14.2. The predicted molar refractivity (Wildman–Crippen MR) is 115 cm³/mol. The maximum absolute atomic E-state index is 12.0. The first-order valence-electron chi connectivity index (χ1n) is 9.61. The molecule has 6 heteroatoms. The Morgan fingerprint density at radius 3 is 2.69 bits per heavy atom. The largest absolute Gasteiger partial charge is 0.504 e. The van der Waals surface area contributed by atoms with Crippen molar-refractivity contribution >= 4 is 12.1 Å². The van der Waals surface area contributed by atoms with Crippen molar-refractivity contribution in [2.75, 3.05) is 13.7 Å². The zero-order valence-electron chi connectivity index (χ0n) is 17.0. The van der Waals surface area contributed by atoms with Crippen LogP contribution < -0.4 is 14.9 Å². The van der Waals surface area contributed by atoms with Crippen LogP contribution in [0.5, 0.6) is 17.2 Å². The first-order valence-corrected chi connectivity index (χ1v) is 9.61. The lowest BCUT2D eigenvalue weighted by atomic mass is 10.1. The van der Waals surface area contributed by atoms with Crippen molar-refractivity contribution in [3.63, 3.8) is 0 Å². The molecule has 0 aliphatic rings. The third kappa shape index (κ3) is 6.99. The highest BCUT2D eigenvalue weighted by Crippen LogP contribution is 2.31. The van der Waals surface area contributed by atoms with E-state index in [0.29, 0.717) is 30.8 Å². The van der Waals surface area contributed by atoms with Crippen molar-refractivity contribution in [2.24, 2.45) is 5.10 Å². The fraction of sp³-hybridized carbons (Fsp3) is 0.304. The Balaban J connectivity index is 1.87. The van der Waals surface area contributed by atoms with Gasteiger partial charge in [0.05, 0.1) is 19.9 Å². The van der Waals surface area contributed by atoms with Gasteiger partial charge in [-0.3, -0.25) is 4.79 Å². The predicted octanol–water partition coefficient (Wildman–Crippen LogP) is 4.00. The SMILES string of the molecule is C=CCc1cc(C=NNC(=O)CCCc2ccc(OC)cc2)cc(OCC)c1O. The molecule has 0 radical (unpaired) electrons. The number of phenols is 1. The standard InChI is InChI=1S/C23H28N2O4/c1-4-7-19-14-18(15-21(23(19)27)29-5-2)16-24-25-22(26)9-6-8-17-10-12-20(28-3)13-11-17/h4,10-16,27H,1,5-9H2,2-3H3,(H,25,26). The molecule has 2 aromatic rings. The molecule has 1 amide bonds. The number of nitrogens with zero attached hydrogens (tertiary/aromatic N) is 1. The van der Waals surface area contributed by atoms with Gasteiger partial charge in [-0.1, -0.05) is 18.2 Å². The number of carbonyl (C=O) groups excluding carboxylic acids is 1. The second kappa shape index (κ2) is 11.5. The van der Waals surface area contributed by atoms with Gasteiger partial charge in [0.25, 0.3) is 0 Å². The van der Waals surface area contributed by atoms with Crippen molar-refractivity contribution < 1.29 is 19.4 Å². The van der Waals surface area contributed by atoms with Crippen LogP contribution >= 0.6 is 0 Å². The van der Waals surface area contributed by atoms with Gasteiger partial charge in [-0.15, -0.1) is 6.58 Å². The van der Waals surface area contributed by atoms with Gasteiger partial charge in [0, 0.05) is 12.0 Å². The summed E-state index contributed by atoms with van der Waals surface area (Å²) in [4.78, 5) is 12.0. The normalized spacial score (nSPS) is 10.7. The van der Waals surface area contributed by atoms with Gasteiger partial charge >= 0.3 is 0 Å². The van der Waals surface area contributed by atoms with Crippen molar-refractivity contribution in [3.8, 4) is 17.2 Å². The molecule has 0 aliphatic carbocycles. The minimum atomic E-state index is -0.148. The summed E-state index contributed by atoms with van der Waals surface area (Å²) >= 11 is 0. The molecule has 0 aliphatic heterocycles. The molecule has 2 rings (SSSR count). The van der Waals surface area contributed by atoms with Crippen molar-refractivity contribution in [1.29, 1.82) is 0 Å². The molecule has 154 valence electrons. The summed E-state index contributed by atoms with van der Waals surface area (Å²) in [6, 6.07) is 11.3. The van der Waals surface area contributed by atoms with Crippen LogP contribution in [0.15, 0.2) is 54.2 Å². The number of hydrogen-bond donors (Lipinski definition) is 2. The number of carbonyl (C=O) groups is 1. The number of allylic oxidation sites excluding steroid dienone is 1. The van der Waals surface area contributed by atoms with Crippen LogP contribution in [0, 0.1) is 0 Å². The quantitative estimate of drug-likeness (QED) is 0.342. The van der Waals surface area contributed by atoms with Crippen LogP contribution in [0.2, 0.25) is 0 Å². The van der Waals surface area contributed by atoms with E-state index < -0.39 is 0 Å². The van der Waals surface area contributed by atoms with Crippen molar-refractivity contribution in [1.82, 2.24) is 5.43 Å². The Hall–Kier alpha value is -3.28. The highest BCUT2D eigenvalue weighted by atomic mass is 16.5. The molecule has 6 nitrogen and oxygen atoms in total. The second-order valence-electron chi connectivity index (χ2n) is 6.45. The molecule has 2 N–H and O–H groups in total. The van der Waals surface area contributed by atoms with Crippen LogP contribution in [0.3, 0.4) is 0 Å². The Morgan fingerprint density at radius 1 is 1.28 bits per heavy atom. The average Bonchev–Trinajstić information content (AvgIpc) is 2.72. The van der Waals surface area contributed by atoms with Gasteiger partial charge in [0.1, 0.15) is 5.75 Å². The first kappa shape index (κ1) is 22.0. The number of aryl methyl sites for hydroxylation is 1. The van der Waals surface area contributed by atoms with Crippen LogP contribution in [-0.4, -0.2) is 30.9 Å². The summed E-state index contributed by atoms with van der Waals surface area (Å²) in [6.45, 7) is 5.98. The van der Waals surface area contributed by atoms with E-state index in [0.717, 1.165) is 29.7 Å². The van der Waals surface area contributed by atoms with E-state index in [1.165, 1.54) is 6.21 Å². The zero-order valence-corrected chi connectivity index (χ0v) is 17.0. The Bertz CT molecular complexity index is 845. The molecule has 0 spiro atoms. The number of methoxy groups -OCH3 is 1. The molecule has 0 fully saturated rings. The van der Waals surface area contributed by atoms with Gasteiger partial charge < -0.3 is 14.6 Å². The molecule has 0 bridgehead atoms. The van der Waals surface area contributed by atoms with Crippen molar-refractivity contribution in [3.05, 3.63) is 65.7 Å². The molecule has 2 aromatic carbocycles. The fourth-order valence-corrected chi connectivity index (χ4v) is 2.82. The number of nitrogens with one attached hydrogen (secondary N) is 1. The summed E-state index contributed by atoms with van der Waals surface area (Å²) in [5.74, 6) is 1.16. The first-order chi connectivity index (χ1) is 14.1. The summed E-state index contributed by atoms with van der Waals surface area (Å²) in [6.07, 6.45) is 5.66. The number of hydrazone groups is 1. The summed E-state index contributed by atoms with van der Waals surface area (Å²) in [5.41, 5.74) is 5.11. The number of aromatic hydroxyl groups is 1. The van der Waals surface area contributed by atoms with E-state index >= 15 is 0 Å². The van der Waals surface area contributed by atoms with Gasteiger partial charge in [-0.05, 0) is 61.6 Å². The lowest BCUT2D eigenvalue weighted by Gasteiger charge is -2.10. The second-order valence-corrected chi connectivity index (χ2v) is 6.45. The Labute approximate surface area is 171 Å². The third-order valence-corrected chi connectivity index (χ3v) is 4.27. The van der Waals surface area contributed by atoms with Crippen LogP contribution in [0.4, 0.5) is 0 Å². The van der Waals surface area contributed by atoms with E-state index in [4.69, 9.17) is 9.47 Å². The van der Waals surface area contributed by atoms with E-state index in [-0.39, 0.29) is 11.7 Å². The number of ether oxygens (including phenoxy) is 2. The number of amides is 1. The molecule has 0 heterocycles. The molecular formula is C23H28N2O4. The lowest BCUT2D eigenvalue weighted by Crippen LogP contribution is -2.17. The fourth-order valence-electron chi connectivity index (χ4n) is 2.82. The van der Waals surface area contributed by atoms with Crippen LogP contribution in [-0.2, 0) is 17.6 Å². The van der Waals surface area contributed by atoms with Crippen molar-refractivity contribution in [2.45, 2.75) is 32.6 Å². The summed E-state index contributed by atoms with van der Waals surface area (Å²) in [7, 11) is 1.63. The Morgan fingerprint density at radius 2 is 2.03 bits per heavy atom. The van der Waals surface area contributed by atoms with Crippen LogP contribution in [0.1, 0.15) is 36.5 Å². The number of benzene rings is 2. The molecule has 0 saturated heterocycles. The topological polar surface area (TPSA) is 80.2 Å². The number of hydrogen-bond acceptors (Lipinski definition) is 5. The minimum absolute atomic E-state index is 0.103. The van der Waals surface area contributed by atoms with Crippen LogP contribution in [0.25, 0.3) is 0 Å². The lowest BCUT2D eigenvalue weighted by molar-refractivity contribution is -0.121. The molecule has 0 unspecified atom stereocenters. The van der Waals surface area contributed by atoms with E-state index in [2.05, 4.69) is 17.1 Å². The monoisotopic (exact) mass is 396 g/mol. The number of phenolic OH excluding ortho intramolecular Hbond substituents is 1.